The third-order valence-corrected chi connectivity index (χ3v) is 9.37. The van der Waals surface area contributed by atoms with Crippen LogP contribution in [0.25, 0.3) is 0 Å². The topological polar surface area (TPSA) is 138 Å². The number of ether oxygens (including phenoxy) is 4. The van der Waals surface area contributed by atoms with Gasteiger partial charge in [0.2, 0.25) is 0 Å². The van der Waals surface area contributed by atoms with Crippen molar-refractivity contribution in [2.24, 2.45) is 5.92 Å². The summed E-state index contributed by atoms with van der Waals surface area (Å²) >= 11 is 0. The molecule has 0 unspecified atom stereocenters. The van der Waals surface area contributed by atoms with E-state index in [1.807, 2.05) is 13.8 Å². The van der Waals surface area contributed by atoms with E-state index in [2.05, 4.69) is 13.0 Å². The van der Waals surface area contributed by atoms with E-state index in [-0.39, 0.29) is 60.3 Å². The van der Waals surface area contributed by atoms with Gasteiger partial charge in [-0.15, -0.1) is 0 Å². The first-order chi connectivity index (χ1) is 15.4. The smallest absolute Gasteiger partial charge is 0.549 e. The van der Waals surface area contributed by atoms with Crippen LogP contribution in [0.4, 0.5) is 4.79 Å². The number of aliphatic carboxylic acids is 1. The maximum atomic E-state index is 12.7. The van der Waals surface area contributed by atoms with Crippen molar-refractivity contribution in [3.8, 4) is 0 Å². The monoisotopic (exact) mass is 509 g/mol. The van der Waals surface area contributed by atoms with E-state index in [1.54, 1.807) is 7.11 Å². The molecule has 1 aliphatic carbocycles. The summed E-state index contributed by atoms with van der Waals surface area (Å²) in [6, 6.07) is 0. The molecule has 4 rings (SSSR count). The van der Waals surface area contributed by atoms with Crippen molar-refractivity contribution in [3.63, 3.8) is 0 Å². The van der Waals surface area contributed by atoms with Crippen molar-refractivity contribution in [2.45, 2.75) is 74.8 Å². The summed E-state index contributed by atoms with van der Waals surface area (Å²) in [6.07, 6.45) is 2.68. The zero-order chi connectivity index (χ0) is 24.2. The summed E-state index contributed by atoms with van der Waals surface area (Å²) in [6.45, 7) is 6.58. The Morgan fingerprint density at radius 3 is 2.44 bits per heavy atom. The normalized spacial score (nSPS) is 36.8. The third kappa shape index (κ3) is 5.35. The van der Waals surface area contributed by atoms with E-state index in [4.69, 9.17) is 18.9 Å². The molecular weight excluding hydrogens is 477 g/mol. The molecule has 3 heterocycles. The first-order valence-electron chi connectivity index (χ1n) is 11.3. The minimum atomic E-state index is -3.86. The summed E-state index contributed by atoms with van der Waals surface area (Å²) in [5.74, 6) is -2.81. The molecule has 4 fully saturated rings. The Kier molecular flexibility index (Phi) is 8.19. The number of sulfone groups is 1. The Morgan fingerprint density at radius 1 is 1.26 bits per heavy atom. The SMILES string of the molecule is CO[C@@H]1[C@H](OC(=O)N2CC(S(=O)(=O)CC(=O)[O-])C2)CC[C@]2(CO2)[C@H]1[C@@]1(C)O[C@@H]1CC=C(C)C.[Na+]. The number of likely N-dealkylation sites (tertiary alicyclic amines) is 1. The fraction of sp³-hybridized carbons (Fsp3) is 0.818. The summed E-state index contributed by atoms with van der Waals surface area (Å²) in [4.78, 5) is 24.6. The molecule has 3 aliphatic heterocycles. The van der Waals surface area contributed by atoms with Gasteiger partial charge in [-0.3, -0.25) is 0 Å². The van der Waals surface area contributed by atoms with Crippen molar-refractivity contribution in [3.05, 3.63) is 11.6 Å². The number of carboxylic acids is 1. The van der Waals surface area contributed by atoms with Gasteiger partial charge in [-0.1, -0.05) is 11.6 Å². The number of allylic oxidation sites excluding steroid dienone is 1. The molecule has 34 heavy (non-hydrogen) atoms. The fourth-order valence-electron chi connectivity index (χ4n) is 5.37. The van der Waals surface area contributed by atoms with Crippen LogP contribution >= 0.6 is 0 Å². The quantitative estimate of drug-likeness (QED) is 0.191. The number of carboxylic acid groups (broad SMARTS) is 1. The number of rotatable bonds is 8. The Bertz CT molecular complexity index is 940. The molecule has 0 aromatic rings. The van der Waals surface area contributed by atoms with E-state index < -0.39 is 50.7 Å². The number of hydrogen-bond donors (Lipinski definition) is 0. The van der Waals surface area contributed by atoms with Gasteiger partial charge in [0, 0.05) is 20.2 Å². The average molecular weight is 510 g/mol. The van der Waals surface area contributed by atoms with Crippen LogP contribution in [0.1, 0.15) is 40.0 Å². The maximum Gasteiger partial charge on any atom is 1.00 e. The predicted molar refractivity (Wildman–Crippen MR) is 114 cm³/mol. The molecule has 4 aliphatic rings. The van der Waals surface area contributed by atoms with Crippen LogP contribution in [-0.4, -0.2) is 92.7 Å². The first-order valence-corrected chi connectivity index (χ1v) is 13.0. The largest absolute Gasteiger partial charge is 1.00 e. The van der Waals surface area contributed by atoms with E-state index in [0.717, 1.165) is 6.42 Å². The van der Waals surface area contributed by atoms with Gasteiger partial charge in [0.1, 0.15) is 23.4 Å². The first kappa shape index (κ1) is 27.9. The van der Waals surface area contributed by atoms with Crippen LogP contribution in [0.15, 0.2) is 11.6 Å². The van der Waals surface area contributed by atoms with Crippen molar-refractivity contribution < 1.29 is 71.6 Å². The van der Waals surface area contributed by atoms with E-state index in [0.29, 0.717) is 19.4 Å². The number of carbonyl (C=O) groups excluding carboxylic acids is 2. The maximum absolute atomic E-state index is 12.7. The Morgan fingerprint density at radius 2 is 1.91 bits per heavy atom. The van der Waals surface area contributed by atoms with Crippen LogP contribution < -0.4 is 34.7 Å². The van der Waals surface area contributed by atoms with Crippen molar-refractivity contribution in [2.75, 3.05) is 32.6 Å². The fourth-order valence-corrected chi connectivity index (χ4v) is 6.75. The van der Waals surface area contributed by atoms with Gasteiger partial charge in [0.25, 0.3) is 0 Å². The average Bonchev–Trinajstić information content (AvgIpc) is 3.56. The molecule has 12 heteroatoms. The molecule has 0 aromatic carbocycles. The minimum Gasteiger partial charge on any atom is -0.549 e. The number of epoxide rings is 2. The molecule has 0 aromatic heterocycles. The second-order valence-corrected chi connectivity index (χ2v) is 12.3. The van der Waals surface area contributed by atoms with E-state index in [1.165, 1.54) is 10.5 Å². The minimum absolute atomic E-state index is 0. The molecule has 0 radical (unpaired) electrons. The molecule has 1 saturated carbocycles. The molecule has 6 atom stereocenters. The zero-order valence-corrected chi connectivity index (χ0v) is 23.3. The molecule has 0 N–H and O–H groups in total. The van der Waals surface area contributed by atoms with Gasteiger partial charge >= 0.3 is 35.7 Å². The second-order valence-electron chi connectivity index (χ2n) is 10.0. The number of methoxy groups -OCH3 is 1. The summed E-state index contributed by atoms with van der Waals surface area (Å²) < 4.78 is 47.6. The van der Waals surface area contributed by atoms with Crippen molar-refractivity contribution in [1.82, 2.24) is 4.90 Å². The van der Waals surface area contributed by atoms with Gasteiger partial charge in [-0.05, 0) is 40.0 Å². The van der Waals surface area contributed by atoms with Gasteiger partial charge in [-0.2, -0.15) is 0 Å². The molecule has 1 spiro atoms. The molecule has 10 nitrogen and oxygen atoms in total. The van der Waals surface area contributed by atoms with E-state index >= 15 is 0 Å². The molecular formula is C22H32NNaO9S. The number of nitrogens with zero attached hydrogens (tertiary/aromatic N) is 1. The Labute approximate surface area is 222 Å². The molecule has 0 bridgehead atoms. The van der Waals surface area contributed by atoms with Crippen molar-refractivity contribution in [1.29, 1.82) is 0 Å². The van der Waals surface area contributed by atoms with Crippen LogP contribution in [-0.2, 0) is 33.6 Å². The predicted octanol–water partition coefficient (Wildman–Crippen LogP) is -2.95. The third-order valence-electron chi connectivity index (χ3n) is 7.42. The van der Waals surface area contributed by atoms with Gasteiger partial charge in [0.15, 0.2) is 9.84 Å². The van der Waals surface area contributed by atoms with Crippen LogP contribution in [0.3, 0.4) is 0 Å². The molecule has 1 amide bonds. The summed E-state index contributed by atoms with van der Waals surface area (Å²) in [5.41, 5.74) is 0.437. The summed E-state index contributed by atoms with van der Waals surface area (Å²) in [7, 11) is -2.27. The van der Waals surface area contributed by atoms with Gasteiger partial charge in [-0.25, -0.2) is 13.2 Å². The standard InChI is InChI=1S/C22H33NO9S.Na/c1-13(2)5-6-16-21(3,32-16)19-18(29-4)15(7-8-22(19)12-30-22)31-20(26)23-9-14(10-23)33(27,28)11-17(24)25;/h5,14-16,18-19H,6-12H2,1-4H3,(H,24,25);/q;+1/p-1/t15-,16-,18-,19-,21+,22+;/m1./s1. The Balaban J connectivity index is 0.00000324. The van der Waals surface area contributed by atoms with E-state index in [9.17, 15) is 23.1 Å². The van der Waals surface area contributed by atoms with Crippen molar-refractivity contribution >= 4 is 21.9 Å². The number of hydrogen-bond acceptors (Lipinski definition) is 9. The zero-order valence-electron chi connectivity index (χ0n) is 20.4. The molecule has 186 valence electrons. The van der Waals surface area contributed by atoms with Crippen LogP contribution in [0.2, 0.25) is 0 Å². The van der Waals surface area contributed by atoms with Crippen LogP contribution in [0, 0.1) is 5.92 Å². The second kappa shape index (κ2) is 9.99. The number of carbonyl (C=O) groups is 2. The van der Waals surface area contributed by atoms with Crippen LogP contribution in [0.5, 0.6) is 0 Å². The number of amides is 1. The summed E-state index contributed by atoms with van der Waals surface area (Å²) in [5, 5.41) is 9.73. The molecule has 3 saturated heterocycles. The Hall–Kier alpha value is -0.690. The van der Waals surface area contributed by atoms with Gasteiger partial charge in [0.05, 0.1) is 35.6 Å². The van der Waals surface area contributed by atoms with Gasteiger partial charge < -0.3 is 33.7 Å².